The maximum absolute atomic E-state index is 13.5. The van der Waals surface area contributed by atoms with Crippen molar-refractivity contribution in [2.45, 2.75) is 24.7 Å². The monoisotopic (exact) mass is 488 g/mol. The number of hydrogen-bond donors (Lipinski definition) is 1. The molecule has 2 bridgehead atoms. The van der Waals surface area contributed by atoms with Gasteiger partial charge in [0, 0.05) is 31.3 Å². The van der Waals surface area contributed by atoms with Crippen molar-refractivity contribution in [3.05, 3.63) is 82.8 Å². The summed E-state index contributed by atoms with van der Waals surface area (Å²) in [5.74, 6) is 1.76. The second-order valence-corrected chi connectivity index (χ2v) is 11.5. The van der Waals surface area contributed by atoms with E-state index in [0.717, 1.165) is 62.8 Å². The van der Waals surface area contributed by atoms with Crippen LogP contribution in [-0.2, 0) is 25.6 Å². The number of carbonyl (C=O) groups excluding carboxylic acids is 1. The molecular formula is C28H28N2O4S. The molecule has 3 aliphatic carbocycles. The summed E-state index contributed by atoms with van der Waals surface area (Å²) in [5.41, 5.74) is 5.82. The quantitative estimate of drug-likeness (QED) is 0.596. The Morgan fingerprint density at radius 2 is 1.83 bits per heavy atom. The van der Waals surface area contributed by atoms with Crippen LogP contribution in [0.15, 0.2) is 82.2 Å². The molecule has 0 saturated heterocycles. The van der Waals surface area contributed by atoms with Gasteiger partial charge in [0.25, 0.3) is 0 Å². The third-order valence-electron chi connectivity index (χ3n) is 7.33. The van der Waals surface area contributed by atoms with Gasteiger partial charge in [0.05, 0.1) is 16.8 Å². The molecule has 0 aromatic heterocycles. The molecule has 7 heteroatoms. The number of ether oxygens (including phenoxy) is 2. The zero-order valence-corrected chi connectivity index (χ0v) is 20.9. The van der Waals surface area contributed by atoms with E-state index in [0.29, 0.717) is 13.2 Å². The lowest BCUT2D eigenvalue weighted by Gasteiger charge is -2.41. The topological polar surface area (TPSA) is 73.9 Å². The smallest absolute Gasteiger partial charge is 0.231 e. The van der Waals surface area contributed by atoms with Crippen molar-refractivity contribution in [1.29, 1.82) is 0 Å². The molecule has 6 rings (SSSR count). The van der Waals surface area contributed by atoms with Crippen molar-refractivity contribution in [3.63, 3.8) is 0 Å². The third kappa shape index (κ3) is 3.69. The van der Waals surface area contributed by atoms with Gasteiger partial charge in [-0.1, -0.05) is 12.1 Å². The lowest BCUT2D eigenvalue weighted by Crippen LogP contribution is -2.39. The van der Waals surface area contributed by atoms with Crippen molar-refractivity contribution in [2.75, 3.05) is 32.6 Å². The highest BCUT2D eigenvalue weighted by Crippen LogP contribution is 2.64. The number of hydrogen-bond acceptors (Lipinski definition) is 5. The molecule has 2 unspecified atom stereocenters. The number of amides is 1. The normalized spacial score (nSPS) is 22.1. The summed E-state index contributed by atoms with van der Waals surface area (Å²) in [5, 5.41) is 3.20. The minimum absolute atomic E-state index is 0.0614. The summed E-state index contributed by atoms with van der Waals surface area (Å²) >= 11 is -1.18. The maximum atomic E-state index is 13.5. The highest BCUT2D eigenvalue weighted by atomic mass is 32.2. The second kappa shape index (κ2) is 8.29. The van der Waals surface area contributed by atoms with Crippen LogP contribution in [0.3, 0.4) is 0 Å². The van der Waals surface area contributed by atoms with Gasteiger partial charge in [-0.05, 0) is 84.5 Å². The van der Waals surface area contributed by atoms with Crippen molar-refractivity contribution in [3.8, 4) is 11.1 Å². The van der Waals surface area contributed by atoms with E-state index < -0.39 is 16.8 Å². The van der Waals surface area contributed by atoms with Crippen LogP contribution in [0.2, 0.25) is 0 Å². The highest BCUT2D eigenvalue weighted by molar-refractivity contribution is 7.89. The van der Waals surface area contributed by atoms with Crippen molar-refractivity contribution < 1.29 is 18.8 Å². The lowest BCUT2D eigenvalue weighted by molar-refractivity contribution is -0.122. The summed E-state index contributed by atoms with van der Waals surface area (Å²) in [6.45, 7) is 3.17. The minimum Gasteiger partial charge on any atom is -0.593 e. The Bertz CT molecular complexity index is 1300. The van der Waals surface area contributed by atoms with Crippen LogP contribution in [-0.4, -0.2) is 42.1 Å². The number of nitrogens with zero attached hydrogens (tertiary/aromatic N) is 1. The second-order valence-electron chi connectivity index (χ2n) is 9.79. The first-order valence-electron chi connectivity index (χ1n) is 11.9. The summed E-state index contributed by atoms with van der Waals surface area (Å²) in [6.07, 6.45) is 5.90. The number of anilines is 1. The fraction of sp³-hybridized carbons (Fsp3) is 0.321. The number of carbonyl (C=O) groups is 1. The molecule has 1 amide bonds. The van der Waals surface area contributed by atoms with Crippen LogP contribution in [0, 0.1) is 18.3 Å². The minimum atomic E-state index is -1.18. The number of fused-ring (bicyclic) bond motifs is 3. The Balaban J connectivity index is 1.21. The Hall–Kier alpha value is -3.00. The van der Waals surface area contributed by atoms with Gasteiger partial charge in [0.15, 0.2) is 16.4 Å². The standard InChI is InChI=1S/C28H28N2O4S/c1-17-4-7-20(16-22(17)18-5-8-21(9-6-18)35(32)30(2)3)29-27(31)28(10-11-28)25-19-14-23(25)26-24(15-19)33-12-13-34-26/h4-9,14-16,25H,10-13H2,1-3H3,(H,29,31). The third-order valence-corrected chi connectivity index (χ3v) is 8.66. The molecule has 4 aliphatic rings. The molecule has 0 spiro atoms. The van der Waals surface area contributed by atoms with Gasteiger partial charge >= 0.3 is 0 Å². The molecule has 1 fully saturated rings. The first kappa shape index (κ1) is 22.5. The first-order chi connectivity index (χ1) is 16.9. The Kier molecular flexibility index (Phi) is 5.32. The van der Waals surface area contributed by atoms with E-state index in [9.17, 15) is 9.35 Å². The Morgan fingerprint density at radius 3 is 2.54 bits per heavy atom. The molecule has 1 aliphatic heterocycles. The zero-order valence-electron chi connectivity index (χ0n) is 20.1. The van der Waals surface area contributed by atoms with Crippen molar-refractivity contribution in [2.24, 2.45) is 11.3 Å². The van der Waals surface area contributed by atoms with Gasteiger partial charge in [0.2, 0.25) is 5.91 Å². The molecule has 1 saturated carbocycles. The average molecular weight is 489 g/mol. The number of allylic oxidation sites excluding steroid dienone is 4. The SMILES string of the molecule is Cc1ccc(NC(=O)C2(C3C4=CC5=C(OCCO5)C3=C4)CC2)cc1-c1ccc([S+]([O-])N(C)C)cc1. The van der Waals surface area contributed by atoms with Crippen LogP contribution in [0.4, 0.5) is 5.69 Å². The van der Waals surface area contributed by atoms with Crippen LogP contribution < -0.4 is 5.32 Å². The van der Waals surface area contributed by atoms with E-state index in [2.05, 4.69) is 18.3 Å². The Labute approximate surface area is 208 Å². The number of benzene rings is 2. The van der Waals surface area contributed by atoms with Gasteiger partial charge in [0.1, 0.15) is 13.2 Å². The molecule has 2 aromatic carbocycles. The highest BCUT2D eigenvalue weighted by Gasteiger charge is 2.61. The molecule has 35 heavy (non-hydrogen) atoms. The zero-order chi connectivity index (χ0) is 24.3. The number of aryl methyl sites for hydroxylation is 1. The van der Waals surface area contributed by atoms with Gasteiger partial charge < -0.3 is 19.3 Å². The predicted molar refractivity (Wildman–Crippen MR) is 136 cm³/mol. The molecule has 2 aromatic rings. The fourth-order valence-electron chi connectivity index (χ4n) is 5.29. The van der Waals surface area contributed by atoms with Crippen LogP contribution >= 0.6 is 0 Å². The van der Waals surface area contributed by atoms with E-state index in [1.165, 1.54) is 0 Å². The molecule has 1 N–H and O–H groups in total. The van der Waals surface area contributed by atoms with Crippen LogP contribution in [0.5, 0.6) is 0 Å². The van der Waals surface area contributed by atoms with E-state index in [1.807, 2.05) is 48.5 Å². The van der Waals surface area contributed by atoms with E-state index in [4.69, 9.17) is 9.47 Å². The van der Waals surface area contributed by atoms with Gasteiger partial charge in [-0.2, -0.15) is 0 Å². The van der Waals surface area contributed by atoms with Crippen molar-refractivity contribution >= 4 is 23.0 Å². The van der Waals surface area contributed by atoms with E-state index >= 15 is 0 Å². The summed E-state index contributed by atoms with van der Waals surface area (Å²) in [7, 11) is 3.59. The number of nitrogens with one attached hydrogen (secondary N) is 1. The number of rotatable bonds is 6. The summed E-state index contributed by atoms with van der Waals surface area (Å²) in [6, 6.07) is 13.8. The van der Waals surface area contributed by atoms with Crippen molar-refractivity contribution in [1.82, 2.24) is 4.31 Å². The molecule has 1 heterocycles. The lowest BCUT2D eigenvalue weighted by atomic mass is 9.65. The largest absolute Gasteiger partial charge is 0.593 e. The molecule has 0 radical (unpaired) electrons. The van der Waals surface area contributed by atoms with Crippen LogP contribution in [0.1, 0.15) is 18.4 Å². The summed E-state index contributed by atoms with van der Waals surface area (Å²) in [4.78, 5) is 14.3. The summed E-state index contributed by atoms with van der Waals surface area (Å²) < 4.78 is 25.6. The maximum Gasteiger partial charge on any atom is 0.231 e. The van der Waals surface area contributed by atoms with Gasteiger partial charge in [-0.15, -0.1) is 4.31 Å². The molecule has 6 nitrogen and oxygen atoms in total. The van der Waals surface area contributed by atoms with E-state index in [-0.39, 0.29) is 11.8 Å². The Morgan fingerprint density at radius 1 is 1.09 bits per heavy atom. The molecular weight excluding hydrogens is 460 g/mol. The fourth-order valence-corrected chi connectivity index (χ4v) is 6.08. The molecule has 2 atom stereocenters. The predicted octanol–water partition coefficient (Wildman–Crippen LogP) is 4.72. The van der Waals surface area contributed by atoms with Crippen LogP contribution in [0.25, 0.3) is 11.1 Å². The first-order valence-corrected chi connectivity index (χ1v) is 13.0. The van der Waals surface area contributed by atoms with Gasteiger partial charge in [-0.3, -0.25) is 4.79 Å². The average Bonchev–Trinajstić information content (AvgIpc) is 3.65. The molecule has 180 valence electrons. The van der Waals surface area contributed by atoms with Gasteiger partial charge in [-0.25, -0.2) is 0 Å². The van der Waals surface area contributed by atoms with E-state index in [1.54, 1.807) is 18.4 Å².